The van der Waals surface area contributed by atoms with Crippen molar-refractivity contribution < 1.29 is 21.8 Å². The van der Waals surface area contributed by atoms with Crippen LogP contribution in [-0.2, 0) is 31.6 Å². The number of non-ortho nitro benzene ring substituents is 1. The Morgan fingerprint density at radius 3 is 1.43 bits per heavy atom. The summed E-state index contributed by atoms with van der Waals surface area (Å²) in [5.41, 5.74) is 0.366. The van der Waals surface area contributed by atoms with Gasteiger partial charge in [-0.2, -0.15) is 3.71 Å². The van der Waals surface area contributed by atoms with Crippen LogP contribution in [-0.4, -0.2) is 21.8 Å². The zero-order chi connectivity index (χ0) is 21.8. The molecule has 0 amide bonds. The second-order valence-electron chi connectivity index (χ2n) is 6.45. The number of hydrogen-bond donors (Lipinski definition) is 0. The molecule has 0 unspecified atom stereocenters. The van der Waals surface area contributed by atoms with Gasteiger partial charge in [0.1, 0.15) is 0 Å². The first-order valence-corrected chi connectivity index (χ1v) is 12.0. The van der Waals surface area contributed by atoms with Crippen molar-refractivity contribution in [3.63, 3.8) is 0 Å². The number of hydrogen-bond acceptors (Lipinski definition) is 6. The van der Waals surface area contributed by atoms with E-state index < -0.39 is 36.5 Å². The standard InChI is InChI=1S/C20H18N2O6S2/c23-21(24)19-11-13-20(14-12-19)22(29(25,26)15-17-7-3-1-4-8-17)30(27,28)16-18-9-5-2-6-10-18/h1-14H,15-16H2. The third-order valence-electron chi connectivity index (χ3n) is 4.16. The zero-order valence-corrected chi connectivity index (χ0v) is 17.3. The number of nitrogens with zero attached hydrogens (tertiary/aromatic N) is 2. The predicted molar refractivity (Wildman–Crippen MR) is 114 cm³/mol. The quantitative estimate of drug-likeness (QED) is 0.387. The van der Waals surface area contributed by atoms with Gasteiger partial charge in [-0.1, -0.05) is 60.7 Å². The highest BCUT2D eigenvalue weighted by atomic mass is 32.3. The number of nitro groups is 1. The SMILES string of the molecule is O=[N+]([O-])c1ccc(N(S(=O)(=O)Cc2ccccc2)S(=O)(=O)Cc2ccccc2)cc1. The molecule has 0 N–H and O–H groups in total. The van der Waals surface area contributed by atoms with Gasteiger partial charge >= 0.3 is 0 Å². The van der Waals surface area contributed by atoms with Gasteiger partial charge in [-0.15, -0.1) is 0 Å². The van der Waals surface area contributed by atoms with Gasteiger partial charge < -0.3 is 0 Å². The number of nitro benzene ring substituents is 1. The minimum atomic E-state index is -4.36. The Morgan fingerprint density at radius 2 is 1.07 bits per heavy atom. The first-order chi connectivity index (χ1) is 14.2. The van der Waals surface area contributed by atoms with E-state index in [0.717, 1.165) is 24.3 Å². The van der Waals surface area contributed by atoms with Gasteiger partial charge in [0, 0.05) is 12.1 Å². The molecular weight excluding hydrogens is 428 g/mol. The van der Waals surface area contributed by atoms with Crippen molar-refractivity contribution in [1.29, 1.82) is 0 Å². The molecule has 0 aliphatic carbocycles. The van der Waals surface area contributed by atoms with Gasteiger partial charge in [0.25, 0.3) is 25.7 Å². The summed E-state index contributed by atoms with van der Waals surface area (Å²) < 4.78 is 53.0. The fourth-order valence-electron chi connectivity index (χ4n) is 2.88. The molecule has 3 rings (SSSR count). The number of benzene rings is 3. The van der Waals surface area contributed by atoms with E-state index >= 15 is 0 Å². The fraction of sp³-hybridized carbons (Fsp3) is 0.100. The van der Waals surface area contributed by atoms with Crippen molar-refractivity contribution in [3.05, 3.63) is 106 Å². The van der Waals surface area contributed by atoms with E-state index in [-0.39, 0.29) is 11.4 Å². The molecule has 0 atom stereocenters. The summed E-state index contributed by atoms with van der Waals surface area (Å²) in [7, 11) is -8.73. The first-order valence-electron chi connectivity index (χ1n) is 8.77. The third kappa shape index (κ3) is 5.02. The highest BCUT2D eigenvalue weighted by Gasteiger charge is 2.34. The van der Waals surface area contributed by atoms with Gasteiger partial charge in [0.05, 0.1) is 22.1 Å². The minimum Gasteiger partial charge on any atom is -0.258 e. The van der Waals surface area contributed by atoms with E-state index in [9.17, 15) is 26.9 Å². The molecule has 3 aromatic rings. The molecule has 30 heavy (non-hydrogen) atoms. The van der Waals surface area contributed by atoms with Crippen LogP contribution in [0.3, 0.4) is 0 Å². The summed E-state index contributed by atoms with van der Waals surface area (Å²) >= 11 is 0. The molecule has 0 fully saturated rings. The van der Waals surface area contributed by atoms with Crippen molar-refractivity contribution in [2.24, 2.45) is 0 Å². The van der Waals surface area contributed by atoms with Gasteiger partial charge in [-0.25, -0.2) is 16.8 Å². The van der Waals surface area contributed by atoms with E-state index in [4.69, 9.17) is 0 Å². The number of anilines is 1. The van der Waals surface area contributed by atoms with E-state index in [0.29, 0.717) is 14.8 Å². The number of rotatable bonds is 8. The Morgan fingerprint density at radius 1 is 0.667 bits per heavy atom. The summed E-state index contributed by atoms with van der Waals surface area (Å²) in [6.45, 7) is 0. The smallest absolute Gasteiger partial charge is 0.258 e. The molecular formula is C20H18N2O6S2. The van der Waals surface area contributed by atoms with Crippen LogP contribution in [0.2, 0.25) is 0 Å². The highest BCUT2D eigenvalue weighted by molar-refractivity contribution is 8.09. The second-order valence-corrected chi connectivity index (χ2v) is 10.3. The van der Waals surface area contributed by atoms with Crippen LogP contribution in [0.15, 0.2) is 84.9 Å². The molecule has 0 saturated carbocycles. The maximum absolute atomic E-state index is 13.2. The molecule has 156 valence electrons. The molecule has 0 radical (unpaired) electrons. The summed E-state index contributed by atoms with van der Waals surface area (Å²) in [4.78, 5) is 10.3. The van der Waals surface area contributed by atoms with Crippen LogP contribution in [0, 0.1) is 10.1 Å². The molecule has 0 heterocycles. The Hall–Kier alpha value is -3.24. The Kier molecular flexibility index (Phi) is 6.18. The molecule has 3 aromatic carbocycles. The Balaban J connectivity index is 2.07. The third-order valence-corrected chi connectivity index (χ3v) is 8.35. The lowest BCUT2D eigenvalue weighted by Crippen LogP contribution is -2.38. The Bertz CT molecular complexity index is 1160. The van der Waals surface area contributed by atoms with Gasteiger partial charge in [-0.05, 0) is 23.3 Å². The van der Waals surface area contributed by atoms with E-state index in [1.54, 1.807) is 60.7 Å². The largest absolute Gasteiger partial charge is 0.269 e. The lowest BCUT2D eigenvalue weighted by atomic mass is 10.2. The molecule has 0 spiro atoms. The monoisotopic (exact) mass is 446 g/mol. The Labute approximate surface area is 174 Å². The molecule has 10 heteroatoms. The van der Waals surface area contributed by atoms with E-state index in [1.807, 2.05) is 0 Å². The summed E-state index contributed by atoms with van der Waals surface area (Å²) in [5, 5.41) is 10.9. The minimum absolute atomic E-state index is 0.188. The van der Waals surface area contributed by atoms with E-state index in [2.05, 4.69) is 0 Å². The van der Waals surface area contributed by atoms with Crippen LogP contribution in [0.25, 0.3) is 0 Å². The van der Waals surface area contributed by atoms with Crippen molar-refractivity contribution in [2.75, 3.05) is 3.71 Å². The average molecular weight is 447 g/mol. The van der Waals surface area contributed by atoms with Crippen molar-refractivity contribution in [3.8, 4) is 0 Å². The van der Waals surface area contributed by atoms with E-state index in [1.165, 1.54) is 0 Å². The molecule has 0 aromatic heterocycles. The first kappa shape index (κ1) is 21.5. The highest BCUT2D eigenvalue weighted by Crippen LogP contribution is 2.28. The maximum atomic E-state index is 13.2. The van der Waals surface area contributed by atoms with Gasteiger partial charge in [0.2, 0.25) is 0 Å². The molecule has 8 nitrogen and oxygen atoms in total. The molecule has 0 aliphatic heterocycles. The van der Waals surface area contributed by atoms with Gasteiger partial charge in [-0.3, -0.25) is 10.1 Å². The van der Waals surface area contributed by atoms with Crippen molar-refractivity contribution in [1.82, 2.24) is 0 Å². The van der Waals surface area contributed by atoms with Crippen LogP contribution < -0.4 is 3.71 Å². The van der Waals surface area contributed by atoms with Crippen LogP contribution in [0.1, 0.15) is 11.1 Å². The maximum Gasteiger partial charge on any atom is 0.269 e. The molecule has 0 bridgehead atoms. The zero-order valence-electron chi connectivity index (χ0n) is 15.7. The summed E-state index contributed by atoms with van der Waals surface area (Å²) in [5.74, 6) is -1.09. The second kappa shape index (κ2) is 8.64. The average Bonchev–Trinajstić information content (AvgIpc) is 2.68. The summed E-state index contributed by atoms with van der Waals surface area (Å²) in [6.07, 6.45) is 0. The van der Waals surface area contributed by atoms with Gasteiger partial charge in [0.15, 0.2) is 0 Å². The predicted octanol–water partition coefficient (Wildman–Crippen LogP) is 3.46. The molecule has 0 saturated heterocycles. The fourth-order valence-corrected chi connectivity index (χ4v) is 6.93. The molecule has 0 aliphatic rings. The van der Waals surface area contributed by atoms with Crippen molar-refractivity contribution >= 4 is 31.4 Å². The van der Waals surface area contributed by atoms with Crippen molar-refractivity contribution in [2.45, 2.75) is 11.5 Å². The topological polar surface area (TPSA) is 115 Å². The lowest BCUT2D eigenvalue weighted by molar-refractivity contribution is -0.384. The summed E-state index contributed by atoms with van der Waals surface area (Å²) in [6, 6.07) is 20.7. The van der Waals surface area contributed by atoms with Crippen LogP contribution in [0.4, 0.5) is 11.4 Å². The normalized spacial score (nSPS) is 11.7. The van der Waals surface area contributed by atoms with Crippen LogP contribution in [0.5, 0.6) is 0 Å². The lowest BCUT2D eigenvalue weighted by Gasteiger charge is -2.24. The number of sulfonamides is 2. The van der Waals surface area contributed by atoms with Crippen LogP contribution >= 0.6 is 0 Å².